The second-order valence-corrected chi connectivity index (χ2v) is 7.12. The van der Waals surface area contributed by atoms with Crippen molar-refractivity contribution in [3.05, 3.63) is 23.8 Å². The lowest BCUT2D eigenvalue weighted by molar-refractivity contribution is -0.127. The number of nitrogens with one attached hydrogen (secondary N) is 1. The summed E-state index contributed by atoms with van der Waals surface area (Å²) in [7, 11) is 3.30. The molecule has 1 aromatic carbocycles. The second-order valence-electron chi connectivity index (χ2n) is 7.12. The topological polar surface area (TPSA) is 60.0 Å². The van der Waals surface area contributed by atoms with Crippen molar-refractivity contribution in [2.75, 3.05) is 40.5 Å². The van der Waals surface area contributed by atoms with Crippen molar-refractivity contribution in [1.29, 1.82) is 0 Å². The number of amides is 1. The lowest BCUT2D eigenvalue weighted by Gasteiger charge is -2.31. The highest BCUT2D eigenvalue weighted by atomic mass is 16.5. The molecule has 0 spiro atoms. The van der Waals surface area contributed by atoms with Crippen LogP contribution in [0.2, 0.25) is 0 Å². The minimum atomic E-state index is 0.123. The van der Waals surface area contributed by atoms with Crippen LogP contribution in [0.3, 0.4) is 0 Å². The molecule has 2 aliphatic heterocycles. The third-order valence-electron chi connectivity index (χ3n) is 5.34. The van der Waals surface area contributed by atoms with Crippen LogP contribution < -0.4 is 14.8 Å². The Morgan fingerprint density at radius 2 is 1.96 bits per heavy atom. The van der Waals surface area contributed by atoms with Gasteiger partial charge in [-0.25, -0.2) is 0 Å². The van der Waals surface area contributed by atoms with Crippen LogP contribution in [0.1, 0.15) is 31.2 Å². The van der Waals surface area contributed by atoms with Gasteiger partial charge in [0.05, 0.1) is 20.3 Å². The minimum Gasteiger partial charge on any atom is -0.493 e. The molecule has 1 unspecified atom stereocenters. The third-order valence-corrected chi connectivity index (χ3v) is 5.34. The molecule has 6 nitrogen and oxygen atoms in total. The fraction of sp³-hybridized carbons (Fsp3) is 0.650. The number of carbonyl (C=O) groups is 1. The highest BCUT2D eigenvalue weighted by molar-refractivity contribution is 5.78. The van der Waals surface area contributed by atoms with Gasteiger partial charge in [0.2, 0.25) is 5.91 Å². The fourth-order valence-corrected chi connectivity index (χ4v) is 3.75. The first kappa shape index (κ1) is 19.0. The normalized spacial score (nSPS) is 21.5. The summed E-state index contributed by atoms with van der Waals surface area (Å²) >= 11 is 0. The Balaban J connectivity index is 1.44. The standard InChI is InChI=1S/C20H30N2O4/c1-24-18-6-5-15(12-19(18)25-2)14-22-9-7-16(8-10-22)20(23)21-13-17-4-3-11-26-17/h5-6,12,16-17H,3-4,7-11,13-14H2,1-2H3,(H,21,23). The molecule has 1 aromatic rings. The maximum atomic E-state index is 12.4. The monoisotopic (exact) mass is 362 g/mol. The lowest BCUT2D eigenvalue weighted by Crippen LogP contribution is -2.42. The average Bonchev–Trinajstić information content (AvgIpc) is 3.20. The highest BCUT2D eigenvalue weighted by Gasteiger charge is 2.26. The first-order valence-corrected chi connectivity index (χ1v) is 9.52. The number of piperidine rings is 1. The highest BCUT2D eigenvalue weighted by Crippen LogP contribution is 2.28. The van der Waals surface area contributed by atoms with E-state index >= 15 is 0 Å². The van der Waals surface area contributed by atoms with Crippen LogP contribution in [0.4, 0.5) is 0 Å². The number of hydrogen-bond donors (Lipinski definition) is 1. The van der Waals surface area contributed by atoms with Gasteiger partial charge in [0.25, 0.3) is 0 Å². The van der Waals surface area contributed by atoms with Gasteiger partial charge < -0.3 is 19.5 Å². The number of ether oxygens (including phenoxy) is 3. The molecular weight excluding hydrogens is 332 g/mol. The predicted molar refractivity (Wildman–Crippen MR) is 99.5 cm³/mol. The molecule has 1 N–H and O–H groups in total. The minimum absolute atomic E-state index is 0.123. The fourth-order valence-electron chi connectivity index (χ4n) is 3.75. The van der Waals surface area contributed by atoms with Gasteiger partial charge in [-0.2, -0.15) is 0 Å². The molecule has 0 bridgehead atoms. The van der Waals surface area contributed by atoms with Crippen LogP contribution in [-0.2, 0) is 16.1 Å². The molecule has 0 aliphatic carbocycles. The molecular formula is C20H30N2O4. The van der Waals surface area contributed by atoms with E-state index < -0.39 is 0 Å². The molecule has 1 amide bonds. The van der Waals surface area contributed by atoms with E-state index in [-0.39, 0.29) is 17.9 Å². The van der Waals surface area contributed by atoms with Gasteiger partial charge in [0, 0.05) is 25.6 Å². The van der Waals surface area contributed by atoms with Crippen LogP contribution in [0.15, 0.2) is 18.2 Å². The molecule has 2 heterocycles. The van der Waals surface area contributed by atoms with Crippen LogP contribution in [0.5, 0.6) is 11.5 Å². The van der Waals surface area contributed by atoms with Crippen molar-refractivity contribution in [2.24, 2.45) is 5.92 Å². The first-order valence-electron chi connectivity index (χ1n) is 9.52. The molecule has 2 aliphatic rings. The van der Waals surface area contributed by atoms with Gasteiger partial charge in [-0.05, 0) is 56.5 Å². The van der Waals surface area contributed by atoms with Gasteiger partial charge in [0.1, 0.15) is 0 Å². The van der Waals surface area contributed by atoms with Crippen molar-refractivity contribution < 1.29 is 19.0 Å². The number of hydrogen-bond acceptors (Lipinski definition) is 5. The van der Waals surface area contributed by atoms with E-state index in [1.165, 1.54) is 5.56 Å². The van der Waals surface area contributed by atoms with Crippen molar-refractivity contribution in [3.8, 4) is 11.5 Å². The van der Waals surface area contributed by atoms with Crippen LogP contribution in [0, 0.1) is 5.92 Å². The SMILES string of the molecule is COc1ccc(CN2CCC(C(=O)NCC3CCCO3)CC2)cc1OC. The summed E-state index contributed by atoms with van der Waals surface area (Å²) in [4.78, 5) is 14.8. The maximum Gasteiger partial charge on any atom is 0.223 e. The molecule has 3 rings (SSSR count). The Kier molecular flexibility index (Phi) is 6.74. The van der Waals surface area contributed by atoms with Crippen LogP contribution in [0.25, 0.3) is 0 Å². The van der Waals surface area contributed by atoms with E-state index in [2.05, 4.69) is 16.3 Å². The molecule has 26 heavy (non-hydrogen) atoms. The summed E-state index contributed by atoms with van der Waals surface area (Å²) in [6, 6.07) is 6.04. The molecule has 2 saturated heterocycles. The average molecular weight is 362 g/mol. The summed E-state index contributed by atoms with van der Waals surface area (Å²) in [5.74, 6) is 1.82. The largest absolute Gasteiger partial charge is 0.493 e. The summed E-state index contributed by atoms with van der Waals surface area (Å²) in [6.45, 7) is 4.23. The Morgan fingerprint density at radius 3 is 2.62 bits per heavy atom. The van der Waals surface area contributed by atoms with E-state index in [0.29, 0.717) is 6.54 Å². The number of methoxy groups -OCH3 is 2. The predicted octanol–water partition coefficient (Wildman–Crippen LogP) is 2.21. The van der Waals surface area contributed by atoms with Gasteiger partial charge >= 0.3 is 0 Å². The molecule has 0 aromatic heterocycles. The van der Waals surface area contributed by atoms with E-state index in [0.717, 1.165) is 63.4 Å². The zero-order chi connectivity index (χ0) is 18.4. The van der Waals surface area contributed by atoms with Crippen LogP contribution >= 0.6 is 0 Å². The van der Waals surface area contributed by atoms with Gasteiger partial charge in [-0.3, -0.25) is 9.69 Å². The number of likely N-dealkylation sites (tertiary alicyclic amines) is 1. The second kappa shape index (κ2) is 9.24. The Morgan fingerprint density at radius 1 is 1.19 bits per heavy atom. The number of nitrogens with zero attached hydrogens (tertiary/aromatic N) is 1. The van der Waals surface area contributed by atoms with E-state index in [1.54, 1.807) is 14.2 Å². The van der Waals surface area contributed by atoms with E-state index in [4.69, 9.17) is 14.2 Å². The van der Waals surface area contributed by atoms with Crippen LogP contribution in [-0.4, -0.2) is 57.4 Å². The Hall–Kier alpha value is -1.79. The van der Waals surface area contributed by atoms with Crippen molar-refractivity contribution in [3.63, 3.8) is 0 Å². The van der Waals surface area contributed by atoms with E-state index in [9.17, 15) is 4.79 Å². The summed E-state index contributed by atoms with van der Waals surface area (Å²) < 4.78 is 16.2. The molecule has 1 atom stereocenters. The Bertz CT molecular complexity index is 593. The molecule has 144 valence electrons. The van der Waals surface area contributed by atoms with Crippen molar-refractivity contribution >= 4 is 5.91 Å². The summed E-state index contributed by atoms with van der Waals surface area (Å²) in [6.07, 6.45) is 4.19. The van der Waals surface area contributed by atoms with Crippen molar-refractivity contribution in [2.45, 2.75) is 38.3 Å². The first-order chi connectivity index (χ1) is 12.7. The number of benzene rings is 1. The van der Waals surface area contributed by atoms with E-state index in [1.807, 2.05) is 12.1 Å². The van der Waals surface area contributed by atoms with Gasteiger partial charge in [-0.15, -0.1) is 0 Å². The maximum absolute atomic E-state index is 12.4. The molecule has 0 radical (unpaired) electrons. The number of carbonyl (C=O) groups excluding carboxylic acids is 1. The Labute approximate surface area is 155 Å². The molecule has 0 saturated carbocycles. The summed E-state index contributed by atoms with van der Waals surface area (Å²) in [5, 5.41) is 3.07. The quantitative estimate of drug-likeness (QED) is 0.806. The molecule has 6 heteroatoms. The van der Waals surface area contributed by atoms with Crippen molar-refractivity contribution in [1.82, 2.24) is 10.2 Å². The smallest absolute Gasteiger partial charge is 0.223 e. The zero-order valence-electron chi connectivity index (χ0n) is 15.8. The lowest BCUT2D eigenvalue weighted by atomic mass is 9.95. The summed E-state index contributed by atoms with van der Waals surface area (Å²) in [5.41, 5.74) is 1.20. The zero-order valence-corrected chi connectivity index (χ0v) is 15.8. The van der Waals surface area contributed by atoms with Gasteiger partial charge in [-0.1, -0.05) is 6.07 Å². The van der Waals surface area contributed by atoms with Gasteiger partial charge in [0.15, 0.2) is 11.5 Å². The molecule has 2 fully saturated rings. The third kappa shape index (κ3) is 4.89. The number of rotatable bonds is 7.